The van der Waals surface area contributed by atoms with Crippen LogP contribution in [0.1, 0.15) is 11.3 Å². The average molecular weight is 423 g/mol. The molecule has 1 aromatic heterocycles. The molecule has 3 aromatic rings. The minimum Gasteiger partial charge on any atom is -0.368 e. The van der Waals surface area contributed by atoms with Crippen molar-refractivity contribution in [1.82, 2.24) is 14.7 Å². The Morgan fingerprint density at radius 1 is 1.11 bits per heavy atom. The highest BCUT2D eigenvalue weighted by molar-refractivity contribution is 7.89. The number of hydrogen-bond acceptors (Lipinski definition) is 5. The first kappa shape index (κ1) is 19.6. The van der Waals surface area contributed by atoms with Crippen molar-refractivity contribution in [2.24, 2.45) is 0 Å². The number of nitrogens with one attached hydrogen (secondary N) is 1. The number of nitrogens with two attached hydrogens (primary N) is 1. The molecule has 27 heavy (non-hydrogen) atoms. The van der Waals surface area contributed by atoms with Gasteiger partial charge in [0.2, 0.25) is 16.0 Å². The molecule has 0 spiro atoms. The van der Waals surface area contributed by atoms with Crippen LogP contribution in [0.4, 0.5) is 5.95 Å². The maximum Gasteiger partial charge on any atom is 0.242 e. The largest absolute Gasteiger partial charge is 0.368 e. The Morgan fingerprint density at radius 2 is 1.81 bits per heavy atom. The van der Waals surface area contributed by atoms with Gasteiger partial charge in [0.15, 0.2) is 0 Å². The van der Waals surface area contributed by atoms with Gasteiger partial charge in [-0.1, -0.05) is 41.4 Å². The van der Waals surface area contributed by atoms with Crippen molar-refractivity contribution in [3.05, 3.63) is 70.0 Å². The number of rotatable bonds is 5. The van der Waals surface area contributed by atoms with Gasteiger partial charge < -0.3 is 5.73 Å². The summed E-state index contributed by atoms with van der Waals surface area (Å²) in [5, 5.41) is 0.704. The van der Waals surface area contributed by atoms with E-state index in [0.717, 1.165) is 5.56 Å². The summed E-state index contributed by atoms with van der Waals surface area (Å²) in [4.78, 5) is 8.06. The summed E-state index contributed by atoms with van der Waals surface area (Å²) in [5.41, 5.74) is 8.30. The van der Waals surface area contributed by atoms with Crippen molar-refractivity contribution in [1.29, 1.82) is 0 Å². The average Bonchev–Trinajstić information content (AvgIpc) is 2.62. The Labute approximate surface area is 167 Å². The van der Waals surface area contributed by atoms with Gasteiger partial charge in [0.05, 0.1) is 10.7 Å². The van der Waals surface area contributed by atoms with Crippen molar-refractivity contribution >= 4 is 39.2 Å². The second-order valence-corrected chi connectivity index (χ2v) is 8.40. The van der Waals surface area contributed by atoms with E-state index in [2.05, 4.69) is 14.7 Å². The lowest BCUT2D eigenvalue weighted by molar-refractivity contribution is 0.581. The van der Waals surface area contributed by atoms with E-state index >= 15 is 0 Å². The molecule has 0 saturated heterocycles. The van der Waals surface area contributed by atoms with E-state index in [4.69, 9.17) is 28.9 Å². The summed E-state index contributed by atoms with van der Waals surface area (Å²) in [6, 6.07) is 11.6. The molecule has 0 atom stereocenters. The number of hydrogen-bond donors (Lipinski definition) is 2. The second-order valence-electron chi connectivity index (χ2n) is 5.82. The molecule has 3 N–H and O–H groups in total. The van der Waals surface area contributed by atoms with Gasteiger partial charge in [-0.05, 0) is 42.3 Å². The summed E-state index contributed by atoms with van der Waals surface area (Å²) >= 11 is 12.0. The van der Waals surface area contributed by atoms with Crippen molar-refractivity contribution in [3.63, 3.8) is 0 Å². The van der Waals surface area contributed by atoms with Crippen LogP contribution in [-0.4, -0.2) is 18.4 Å². The fraction of sp³-hybridized carbons (Fsp3) is 0.111. The monoisotopic (exact) mass is 422 g/mol. The van der Waals surface area contributed by atoms with E-state index in [0.29, 0.717) is 21.8 Å². The van der Waals surface area contributed by atoms with Gasteiger partial charge in [0.25, 0.3) is 0 Å². The van der Waals surface area contributed by atoms with Gasteiger partial charge in [-0.25, -0.2) is 23.1 Å². The zero-order valence-corrected chi connectivity index (χ0v) is 16.6. The SMILES string of the molecule is Cc1nc(N)ncc1-c1ccc(Cl)c(S(=O)(=O)NCc2ccc(Cl)cc2)c1. The summed E-state index contributed by atoms with van der Waals surface area (Å²) in [5.74, 6) is 0.155. The zero-order valence-electron chi connectivity index (χ0n) is 14.3. The third kappa shape index (κ3) is 4.56. The van der Waals surface area contributed by atoms with Crippen LogP contribution in [0.3, 0.4) is 0 Å². The fourth-order valence-corrected chi connectivity index (χ4v) is 4.17. The van der Waals surface area contributed by atoms with Gasteiger partial charge >= 0.3 is 0 Å². The molecule has 0 aliphatic heterocycles. The first-order chi connectivity index (χ1) is 12.8. The molecule has 9 heteroatoms. The number of nitrogens with zero attached hydrogens (tertiary/aromatic N) is 2. The van der Waals surface area contributed by atoms with Crippen molar-refractivity contribution < 1.29 is 8.42 Å². The van der Waals surface area contributed by atoms with Crippen LogP contribution >= 0.6 is 23.2 Å². The molecule has 0 aliphatic rings. The molecule has 140 valence electrons. The maximum absolute atomic E-state index is 12.7. The molecule has 0 unspecified atom stereocenters. The highest BCUT2D eigenvalue weighted by Crippen LogP contribution is 2.29. The molecule has 6 nitrogen and oxygen atoms in total. The molecule has 0 saturated carbocycles. The minimum absolute atomic E-state index is 0.0214. The predicted octanol–water partition coefficient (Wildman–Crippen LogP) is 3.82. The van der Waals surface area contributed by atoms with Crippen LogP contribution in [0.15, 0.2) is 53.6 Å². The van der Waals surface area contributed by atoms with Gasteiger partial charge in [-0.2, -0.15) is 0 Å². The molecule has 0 radical (unpaired) electrons. The predicted molar refractivity (Wildman–Crippen MR) is 107 cm³/mol. The fourth-order valence-electron chi connectivity index (χ4n) is 2.50. The van der Waals surface area contributed by atoms with Crippen molar-refractivity contribution in [2.45, 2.75) is 18.4 Å². The molecule has 2 aromatic carbocycles. The summed E-state index contributed by atoms with van der Waals surface area (Å²) in [7, 11) is -3.83. The molecule has 0 fully saturated rings. The lowest BCUT2D eigenvalue weighted by atomic mass is 10.1. The Morgan fingerprint density at radius 3 is 2.48 bits per heavy atom. The van der Waals surface area contributed by atoms with E-state index < -0.39 is 10.0 Å². The maximum atomic E-state index is 12.7. The Hall–Kier alpha value is -2.19. The normalized spacial score (nSPS) is 11.5. The molecule has 0 aliphatic carbocycles. The van der Waals surface area contributed by atoms with Crippen LogP contribution in [0.2, 0.25) is 10.0 Å². The van der Waals surface area contributed by atoms with Crippen LogP contribution in [-0.2, 0) is 16.6 Å². The van der Waals surface area contributed by atoms with E-state index in [9.17, 15) is 8.42 Å². The number of anilines is 1. The summed E-state index contributed by atoms with van der Waals surface area (Å²) in [6.07, 6.45) is 1.55. The van der Waals surface area contributed by atoms with Crippen LogP contribution in [0, 0.1) is 6.92 Å². The third-order valence-corrected chi connectivity index (χ3v) is 6.04. The molecule has 1 heterocycles. The lowest BCUT2D eigenvalue weighted by Crippen LogP contribution is -2.23. The molecule has 0 bridgehead atoms. The van der Waals surface area contributed by atoms with Gasteiger partial charge in [-0.15, -0.1) is 0 Å². The van der Waals surface area contributed by atoms with Gasteiger partial charge in [-0.3, -0.25) is 0 Å². The standard InChI is InChI=1S/C18H16Cl2N4O2S/c1-11-15(10-22-18(21)24-11)13-4-7-16(20)17(8-13)27(25,26)23-9-12-2-5-14(19)6-3-12/h2-8,10,23H,9H2,1H3,(H2,21,22,24). The number of aryl methyl sites for hydroxylation is 1. The number of halogens is 2. The molecular weight excluding hydrogens is 407 g/mol. The third-order valence-electron chi connectivity index (χ3n) is 3.91. The molecule has 0 amide bonds. The first-order valence-corrected chi connectivity index (χ1v) is 10.1. The number of sulfonamides is 1. The second kappa shape index (κ2) is 7.82. The van der Waals surface area contributed by atoms with E-state index in [-0.39, 0.29) is 22.4 Å². The Balaban J connectivity index is 1.91. The van der Waals surface area contributed by atoms with Crippen molar-refractivity contribution in [2.75, 3.05) is 5.73 Å². The van der Waals surface area contributed by atoms with Crippen LogP contribution in [0.25, 0.3) is 11.1 Å². The Kier molecular flexibility index (Phi) is 5.67. The smallest absolute Gasteiger partial charge is 0.242 e. The van der Waals surface area contributed by atoms with E-state index in [1.54, 1.807) is 43.5 Å². The first-order valence-electron chi connectivity index (χ1n) is 7.89. The lowest BCUT2D eigenvalue weighted by Gasteiger charge is -2.11. The van der Waals surface area contributed by atoms with E-state index in [1.807, 2.05) is 0 Å². The van der Waals surface area contributed by atoms with Crippen LogP contribution < -0.4 is 10.5 Å². The van der Waals surface area contributed by atoms with E-state index in [1.165, 1.54) is 12.1 Å². The van der Waals surface area contributed by atoms with Gasteiger partial charge in [0.1, 0.15) is 4.90 Å². The number of benzene rings is 2. The zero-order chi connectivity index (χ0) is 19.6. The summed E-state index contributed by atoms with van der Waals surface area (Å²) in [6.45, 7) is 1.89. The molecular formula is C18H16Cl2N4O2S. The number of aromatic nitrogens is 2. The Bertz CT molecular complexity index is 1090. The minimum atomic E-state index is -3.83. The highest BCUT2D eigenvalue weighted by Gasteiger charge is 2.19. The van der Waals surface area contributed by atoms with Crippen molar-refractivity contribution in [3.8, 4) is 11.1 Å². The highest BCUT2D eigenvalue weighted by atomic mass is 35.5. The van der Waals surface area contributed by atoms with Crippen LogP contribution in [0.5, 0.6) is 0 Å². The molecule has 3 rings (SSSR count). The quantitative estimate of drug-likeness (QED) is 0.650. The topological polar surface area (TPSA) is 98.0 Å². The summed E-state index contributed by atoms with van der Waals surface area (Å²) < 4.78 is 28.0. The van der Waals surface area contributed by atoms with Gasteiger partial charge in [0, 0.05) is 23.3 Å². The number of nitrogen functional groups attached to an aromatic ring is 1.